The molecular weight excluding hydrogens is 514 g/mol. The number of β-lactam (4-membered cyclic amide) rings is 1. The Morgan fingerprint density at radius 1 is 0.829 bits per heavy atom. The number of hydrogen-bond acceptors (Lipinski definition) is 6. The molecule has 2 aromatic heterocycles. The number of anilines is 1. The van der Waals surface area contributed by atoms with Gasteiger partial charge in [-0.1, -0.05) is 91.0 Å². The lowest BCUT2D eigenvalue weighted by molar-refractivity contribution is -0.130. The van der Waals surface area contributed by atoms with E-state index in [0.29, 0.717) is 11.6 Å². The largest absolute Gasteiger partial charge is 0.447 e. The fraction of sp³-hybridized carbons (Fsp3) is 0.121. The monoisotopic (exact) mass is 539 g/mol. The molecule has 0 radical (unpaired) electrons. The summed E-state index contributed by atoms with van der Waals surface area (Å²) in [5.74, 6) is 0.794. The van der Waals surface area contributed by atoms with Gasteiger partial charge in [-0.05, 0) is 29.3 Å². The molecule has 2 fully saturated rings. The van der Waals surface area contributed by atoms with Crippen LogP contribution in [0.2, 0.25) is 0 Å². The summed E-state index contributed by atoms with van der Waals surface area (Å²) < 4.78 is 5.49. The summed E-state index contributed by atoms with van der Waals surface area (Å²) in [6, 6.07) is 29.1. The van der Waals surface area contributed by atoms with Crippen LogP contribution in [0.25, 0.3) is 28.4 Å². The normalized spacial score (nSPS) is 20.4. The van der Waals surface area contributed by atoms with Crippen molar-refractivity contribution in [1.29, 1.82) is 0 Å². The Kier molecular flexibility index (Phi) is 6.20. The molecule has 0 bridgehead atoms. The number of rotatable bonds is 6. The van der Waals surface area contributed by atoms with Crippen LogP contribution in [0, 0.1) is 0 Å². The minimum absolute atomic E-state index is 0.181. The molecule has 0 spiro atoms. The first kappa shape index (κ1) is 24.7. The molecule has 2 aliphatic heterocycles. The van der Waals surface area contributed by atoms with Crippen LogP contribution in [0.1, 0.15) is 17.2 Å². The van der Waals surface area contributed by atoms with Crippen LogP contribution < -0.4 is 4.90 Å². The highest BCUT2D eigenvalue weighted by molar-refractivity contribution is 6.11. The summed E-state index contributed by atoms with van der Waals surface area (Å²) in [7, 11) is 0. The average molecular weight is 540 g/mol. The van der Waals surface area contributed by atoms with E-state index in [1.54, 1.807) is 22.2 Å². The Morgan fingerprint density at radius 2 is 1.59 bits per heavy atom. The number of fused-ring (bicyclic) bond motifs is 1. The number of para-hydroxylation sites is 1. The van der Waals surface area contributed by atoms with Gasteiger partial charge in [0.05, 0.1) is 17.6 Å². The quantitative estimate of drug-likeness (QED) is 0.258. The Labute approximate surface area is 236 Å². The molecular formula is C33H25N5O3. The van der Waals surface area contributed by atoms with Crippen molar-refractivity contribution in [2.45, 2.75) is 18.1 Å². The van der Waals surface area contributed by atoms with Gasteiger partial charge in [-0.3, -0.25) is 19.6 Å². The lowest BCUT2D eigenvalue weighted by atomic mass is 9.90. The second kappa shape index (κ2) is 10.3. The number of pyridine rings is 1. The molecule has 5 aromatic rings. The molecule has 3 unspecified atom stereocenters. The first-order valence-corrected chi connectivity index (χ1v) is 13.4. The van der Waals surface area contributed by atoms with Crippen molar-refractivity contribution in [2.24, 2.45) is 0 Å². The van der Waals surface area contributed by atoms with Crippen molar-refractivity contribution in [3.05, 3.63) is 127 Å². The number of amides is 2. The zero-order valence-electron chi connectivity index (χ0n) is 21.9. The lowest BCUT2D eigenvalue weighted by Crippen LogP contribution is -2.71. The molecule has 200 valence electrons. The van der Waals surface area contributed by atoms with E-state index in [-0.39, 0.29) is 18.6 Å². The van der Waals surface area contributed by atoms with E-state index in [2.05, 4.69) is 4.98 Å². The van der Waals surface area contributed by atoms with Crippen LogP contribution in [0.15, 0.2) is 116 Å². The van der Waals surface area contributed by atoms with Gasteiger partial charge >= 0.3 is 6.09 Å². The van der Waals surface area contributed by atoms with E-state index >= 15 is 0 Å². The maximum absolute atomic E-state index is 14.2. The van der Waals surface area contributed by atoms with E-state index in [4.69, 9.17) is 14.7 Å². The van der Waals surface area contributed by atoms with Crippen LogP contribution in [0.4, 0.5) is 10.6 Å². The molecule has 8 heteroatoms. The smallest absolute Gasteiger partial charge is 0.411 e. The highest BCUT2D eigenvalue weighted by Crippen LogP contribution is 2.41. The van der Waals surface area contributed by atoms with Gasteiger partial charge < -0.3 is 4.74 Å². The third-order valence-corrected chi connectivity index (χ3v) is 7.52. The molecule has 3 aromatic carbocycles. The number of carbonyl (C=O) groups is 2. The molecule has 7 rings (SSSR count). The SMILES string of the molecule is O=C1C(N2C(=O)OCC2c2ccccc2)C(C=Cc2cccnc2)N1c1nc(-c2ccccc2)nc2ccccc12. The summed E-state index contributed by atoms with van der Waals surface area (Å²) in [5.41, 5.74) is 3.37. The van der Waals surface area contributed by atoms with Crippen LogP contribution in [-0.4, -0.2) is 50.5 Å². The van der Waals surface area contributed by atoms with Crippen molar-refractivity contribution in [1.82, 2.24) is 19.9 Å². The molecule has 2 aliphatic rings. The second-order valence-corrected chi connectivity index (χ2v) is 9.95. The number of carbonyl (C=O) groups excluding carboxylic acids is 2. The third-order valence-electron chi connectivity index (χ3n) is 7.52. The van der Waals surface area contributed by atoms with Crippen molar-refractivity contribution in [3.63, 3.8) is 0 Å². The maximum Gasteiger partial charge on any atom is 0.411 e. The Morgan fingerprint density at radius 3 is 2.37 bits per heavy atom. The van der Waals surface area contributed by atoms with E-state index in [1.165, 1.54) is 0 Å². The molecule has 4 heterocycles. The van der Waals surface area contributed by atoms with Gasteiger partial charge in [0.2, 0.25) is 0 Å². The van der Waals surface area contributed by atoms with Crippen molar-refractivity contribution in [3.8, 4) is 11.4 Å². The topological polar surface area (TPSA) is 88.5 Å². The van der Waals surface area contributed by atoms with Crippen molar-refractivity contribution >= 4 is 34.8 Å². The van der Waals surface area contributed by atoms with Crippen LogP contribution >= 0.6 is 0 Å². The number of nitrogens with zero attached hydrogens (tertiary/aromatic N) is 5. The molecule has 3 atom stereocenters. The van der Waals surface area contributed by atoms with E-state index in [0.717, 1.165) is 27.6 Å². The van der Waals surface area contributed by atoms with Gasteiger partial charge in [-0.25, -0.2) is 14.8 Å². The standard InChI is InChI=1S/C33H25N5O3/c39-32-29(37-28(21-41-33(37)40)23-11-3-1-4-12-23)27(18-17-22-10-9-19-34-20-22)38(32)31-25-15-7-8-16-26(25)35-30(36-31)24-13-5-2-6-14-24/h1-20,27-29H,21H2. The Hall–Kier alpha value is -5.37. The Balaban J connectivity index is 1.35. The summed E-state index contributed by atoms with van der Waals surface area (Å²) in [6.07, 6.45) is 6.82. The highest BCUT2D eigenvalue weighted by atomic mass is 16.6. The molecule has 2 saturated heterocycles. The summed E-state index contributed by atoms with van der Waals surface area (Å²) in [5, 5.41) is 0.752. The van der Waals surface area contributed by atoms with Crippen LogP contribution in [0.3, 0.4) is 0 Å². The van der Waals surface area contributed by atoms with E-state index in [1.807, 2.05) is 109 Å². The minimum Gasteiger partial charge on any atom is -0.447 e. The van der Waals surface area contributed by atoms with Crippen LogP contribution in [-0.2, 0) is 9.53 Å². The molecule has 8 nitrogen and oxygen atoms in total. The molecule has 2 amide bonds. The summed E-state index contributed by atoms with van der Waals surface area (Å²) in [6.45, 7) is 0.181. The number of ether oxygens (including phenoxy) is 1. The van der Waals surface area contributed by atoms with Crippen molar-refractivity contribution < 1.29 is 14.3 Å². The fourth-order valence-electron chi connectivity index (χ4n) is 5.53. The van der Waals surface area contributed by atoms with Gasteiger partial charge in [0.1, 0.15) is 18.5 Å². The number of cyclic esters (lactones) is 1. The molecule has 0 saturated carbocycles. The maximum atomic E-state index is 14.2. The summed E-state index contributed by atoms with van der Waals surface area (Å²) >= 11 is 0. The highest BCUT2D eigenvalue weighted by Gasteiger charge is 2.56. The average Bonchev–Trinajstić information content (AvgIpc) is 3.40. The molecule has 0 aliphatic carbocycles. The van der Waals surface area contributed by atoms with E-state index in [9.17, 15) is 9.59 Å². The second-order valence-electron chi connectivity index (χ2n) is 9.95. The van der Waals surface area contributed by atoms with Crippen LogP contribution in [0.5, 0.6) is 0 Å². The lowest BCUT2D eigenvalue weighted by Gasteiger charge is -2.49. The van der Waals surface area contributed by atoms with Gasteiger partial charge in [-0.2, -0.15) is 0 Å². The van der Waals surface area contributed by atoms with E-state index < -0.39 is 18.2 Å². The zero-order valence-corrected chi connectivity index (χ0v) is 21.9. The zero-order chi connectivity index (χ0) is 27.8. The van der Waals surface area contributed by atoms with Gasteiger partial charge in [0, 0.05) is 23.3 Å². The number of benzene rings is 3. The first-order chi connectivity index (χ1) is 20.2. The van der Waals surface area contributed by atoms with Gasteiger partial charge in [-0.15, -0.1) is 0 Å². The van der Waals surface area contributed by atoms with Gasteiger partial charge in [0.25, 0.3) is 5.91 Å². The predicted molar refractivity (Wildman–Crippen MR) is 156 cm³/mol. The number of hydrogen-bond donors (Lipinski definition) is 0. The number of aromatic nitrogens is 3. The first-order valence-electron chi connectivity index (χ1n) is 13.4. The predicted octanol–water partition coefficient (Wildman–Crippen LogP) is 5.68. The molecule has 41 heavy (non-hydrogen) atoms. The third kappa shape index (κ3) is 4.39. The molecule has 0 N–H and O–H groups in total. The Bertz CT molecular complexity index is 1760. The minimum atomic E-state index is -0.767. The fourth-order valence-corrected chi connectivity index (χ4v) is 5.53. The van der Waals surface area contributed by atoms with Gasteiger partial charge in [0.15, 0.2) is 5.82 Å². The van der Waals surface area contributed by atoms with Crippen molar-refractivity contribution in [2.75, 3.05) is 11.5 Å². The summed E-state index contributed by atoms with van der Waals surface area (Å²) in [4.78, 5) is 44.4.